The second-order valence-corrected chi connectivity index (χ2v) is 3.34. The van der Waals surface area contributed by atoms with Gasteiger partial charge in [-0.2, -0.15) is 0 Å². The Kier molecular flexibility index (Phi) is 3.00. The molecule has 0 saturated carbocycles. The first-order valence-corrected chi connectivity index (χ1v) is 4.95. The first-order chi connectivity index (χ1) is 7.81. The average Bonchev–Trinajstić information content (AvgIpc) is 2.33. The zero-order valence-electron chi connectivity index (χ0n) is 8.96. The average molecular weight is 216 g/mol. The fraction of sp³-hybridized carbons (Fsp3) is 0.167. The number of methoxy groups -OCH3 is 1. The Labute approximate surface area is 93.1 Å². The summed E-state index contributed by atoms with van der Waals surface area (Å²) in [5.41, 5.74) is 0.923. The molecule has 0 amide bonds. The lowest BCUT2D eigenvalue weighted by molar-refractivity contribution is 0.351. The maximum absolute atomic E-state index is 11.6. The smallest absolute Gasteiger partial charge is 0.299 e. The highest BCUT2D eigenvalue weighted by molar-refractivity contribution is 5.16. The van der Waals surface area contributed by atoms with Gasteiger partial charge in [-0.1, -0.05) is 30.3 Å². The molecule has 16 heavy (non-hydrogen) atoms. The molecule has 1 aromatic carbocycles. The van der Waals surface area contributed by atoms with E-state index < -0.39 is 0 Å². The molecule has 82 valence electrons. The summed E-state index contributed by atoms with van der Waals surface area (Å²) in [5.74, 6) is 0. The van der Waals surface area contributed by atoms with Gasteiger partial charge in [0.15, 0.2) is 0 Å². The summed E-state index contributed by atoms with van der Waals surface area (Å²) >= 11 is 0. The monoisotopic (exact) mass is 216 g/mol. The molecule has 0 fully saturated rings. The number of hydrogen-bond donors (Lipinski definition) is 0. The number of rotatable bonds is 3. The number of benzene rings is 1. The molecule has 2 rings (SSSR count). The molecular weight excluding hydrogens is 204 g/mol. The molecule has 0 radical (unpaired) electrons. The standard InChI is InChI=1S/C12H12N2O2/c1-16-12-13-8-7-11(15)14(12)9-10-5-3-2-4-6-10/h2-8H,9H2,1H3. The maximum atomic E-state index is 11.6. The highest BCUT2D eigenvalue weighted by Gasteiger charge is 2.04. The van der Waals surface area contributed by atoms with E-state index in [1.165, 1.54) is 23.9 Å². The molecule has 0 aliphatic carbocycles. The lowest BCUT2D eigenvalue weighted by Gasteiger charge is -2.09. The van der Waals surface area contributed by atoms with Crippen LogP contribution >= 0.6 is 0 Å². The van der Waals surface area contributed by atoms with E-state index in [2.05, 4.69) is 4.98 Å². The van der Waals surface area contributed by atoms with Gasteiger partial charge in [-0.15, -0.1) is 0 Å². The molecular formula is C12H12N2O2. The number of nitrogens with zero attached hydrogens (tertiary/aromatic N) is 2. The van der Waals surface area contributed by atoms with Crippen LogP contribution in [0, 0.1) is 0 Å². The van der Waals surface area contributed by atoms with Crippen LogP contribution in [0.25, 0.3) is 0 Å². The van der Waals surface area contributed by atoms with Crippen LogP contribution in [0.3, 0.4) is 0 Å². The SMILES string of the molecule is COc1nccc(=O)n1Cc1ccccc1. The van der Waals surface area contributed by atoms with Gasteiger partial charge in [-0.25, -0.2) is 4.98 Å². The third kappa shape index (κ3) is 2.11. The molecule has 0 bridgehead atoms. The van der Waals surface area contributed by atoms with E-state index in [0.717, 1.165) is 5.56 Å². The second kappa shape index (κ2) is 4.61. The van der Waals surface area contributed by atoms with Gasteiger partial charge in [0, 0.05) is 12.3 Å². The van der Waals surface area contributed by atoms with Gasteiger partial charge in [-0.3, -0.25) is 9.36 Å². The summed E-state index contributed by atoms with van der Waals surface area (Å²) in [6.45, 7) is 0.469. The van der Waals surface area contributed by atoms with Crippen molar-refractivity contribution in [3.05, 3.63) is 58.5 Å². The minimum Gasteiger partial charge on any atom is -0.468 e. The number of ether oxygens (including phenoxy) is 1. The molecule has 0 saturated heterocycles. The summed E-state index contributed by atoms with van der Waals surface area (Å²) in [6.07, 6.45) is 1.45. The Balaban J connectivity index is 2.38. The van der Waals surface area contributed by atoms with Gasteiger partial charge in [0.05, 0.1) is 13.7 Å². The normalized spacial score (nSPS) is 10.1. The molecule has 1 aromatic heterocycles. The molecule has 0 unspecified atom stereocenters. The Morgan fingerprint density at radius 1 is 1.25 bits per heavy atom. The van der Waals surface area contributed by atoms with E-state index in [-0.39, 0.29) is 5.56 Å². The number of aromatic nitrogens is 2. The van der Waals surface area contributed by atoms with E-state index in [1.54, 1.807) is 0 Å². The molecule has 0 spiro atoms. The first-order valence-electron chi connectivity index (χ1n) is 4.95. The van der Waals surface area contributed by atoms with Crippen molar-refractivity contribution in [3.8, 4) is 6.01 Å². The Hall–Kier alpha value is -2.10. The van der Waals surface area contributed by atoms with E-state index in [0.29, 0.717) is 12.6 Å². The van der Waals surface area contributed by atoms with Crippen LogP contribution in [-0.2, 0) is 6.54 Å². The molecule has 0 N–H and O–H groups in total. The summed E-state index contributed by atoms with van der Waals surface area (Å²) in [5, 5.41) is 0. The molecule has 1 heterocycles. The highest BCUT2D eigenvalue weighted by atomic mass is 16.5. The van der Waals surface area contributed by atoms with Crippen molar-refractivity contribution in [2.24, 2.45) is 0 Å². The van der Waals surface area contributed by atoms with Crippen LogP contribution < -0.4 is 10.3 Å². The van der Waals surface area contributed by atoms with Crippen LogP contribution in [0.2, 0.25) is 0 Å². The third-order valence-electron chi connectivity index (χ3n) is 2.27. The molecule has 2 aromatic rings. The van der Waals surface area contributed by atoms with E-state index in [9.17, 15) is 4.79 Å². The lowest BCUT2D eigenvalue weighted by Crippen LogP contribution is -2.22. The predicted octanol–water partition coefficient (Wildman–Crippen LogP) is 1.30. The van der Waals surface area contributed by atoms with Crippen LogP contribution in [-0.4, -0.2) is 16.7 Å². The van der Waals surface area contributed by atoms with Crippen molar-refractivity contribution in [3.63, 3.8) is 0 Å². The number of hydrogen-bond acceptors (Lipinski definition) is 3. The van der Waals surface area contributed by atoms with E-state index >= 15 is 0 Å². The van der Waals surface area contributed by atoms with Crippen LogP contribution in [0.5, 0.6) is 6.01 Å². The molecule has 0 atom stereocenters. The van der Waals surface area contributed by atoms with Gasteiger partial charge >= 0.3 is 0 Å². The Morgan fingerprint density at radius 3 is 2.69 bits per heavy atom. The summed E-state index contributed by atoms with van der Waals surface area (Å²) < 4.78 is 6.55. The Morgan fingerprint density at radius 2 is 2.00 bits per heavy atom. The van der Waals surface area contributed by atoms with E-state index in [4.69, 9.17) is 4.74 Å². The minimum absolute atomic E-state index is 0.115. The summed E-state index contributed by atoms with van der Waals surface area (Å²) in [4.78, 5) is 15.6. The van der Waals surface area contributed by atoms with Crippen molar-refractivity contribution < 1.29 is 4.74 Å². The zero-order valence-corrected chi connectivity index (χ0v) is 8.96. The van der Waals surface area contributed by atoms with E-state index in [1.807, 2.05) is 30.3 Å². The van der Waals surface area contributed by atoms with Crippen molar-refractivity contribution in [2.75, 3.05) is 7.11 Å². The van der Waals surface area contributed by atoms with Gasteiger partial charge in [0.25, 0.3) is 11.6 Å². The van der Waals surface area contributed by atoms with Gasteiger partial charge in [-0.05, 0) is 5.56 Å². The van der Waals surface area contributed by atoms with Crippen molar-refractivity contribution in [1.29, 1.82) is 0 Å². The quantitative estimate of drug-likeness (QED) is 0.776. The van der Waals surface area contributed by atoms with Crippen LogP contribution in [0.4, 0.5) is 0 Å². The third-order valence-corrected chi connectivity index (χ3v) is 2.27. The molecule has 0 aliphatic heterocycles. The lowest BCUT2D eigenvalue weighted by atomic mass is 10.2. The van der Waals surface area contributed by atoms with Gasteiger partial charge in [0.1, 0.15) is 0 Å². The molecule has 4 heteroatoms. The summed E-state index contributed by atoms with van der Waals surface area (Å²) in [6, 6.07) is 11.5. The van der Waals surface area contributed by atoms with Crippen LogP contribution in [0.15, 0.2) is 47.4 Å². The highest BCUT2D eigenvalue weighted by Crippen LogP contribution is 2.06. The predicted molar refractivity (Wildman–Crippen MR) is 60.6 cm³/mol. The fourth-order valence-electron chi connectivity index (χ4n) is 1.49. The fourth-order valence-corrected chi connectivity index (χ4v) is 1.49. The maximum Gasteiger partial charge on any atom is 0.299 e. The molecule has 0 aliphatic rings. The van der Waals surface area contributed by atoms with Gasteiger partial charge < -0.3 is 4.74 Å². The first kappa shape index (κ1) is 10.4. The summed E-state index contributed by atoms with van der Waals surface area (Å²) in [7, 11) is 1.50. The van der Waals surface area contributed by atoms with Crippen molar-refractivity contribution in [1.82, 2.24) is 9.55 Å². The van der Waals surface area contributed by atoms with Crippen molar-refractivity contribution in [2.45, 2.75) is 6.54 Å². The largest absolute Gasteiger partial charge is 0.468 e. The minimum atomic E-state index is -0.115. The Bertz CT molecular complexity index is 520. The topological polar surface area (TPSA) is 44.1 Å². The zero-order chi connectivity index (χ0) is 11.4. The van der Waals surface area contributed by atoms with Crippen molar-refractivity contribution >= 4 is 0 Å². The second-order valence-electron chi connectivity index (χ2n) is 3.34. The van der Waals surface area contributed by atoms with Crippen LogP contribution in [0.1, 0.15) is 5.56 Å². The molecule has 4 nitrogen and oxygen atoms in total. The van der Waals surface area contributed by atoms with Gasteiger partial charge in [0.2, 0.25) is 0 Å².